The number of carbonyl (C=O) groups is 4. The summed E-state index contributed by atoms with van der Waals surface area (Å²) in [6.07, 6.45) is 1.34. The Morgan fingerprint density at radius 3 is 2.29 bits per heavy atom. The number of rotatable bonds is 10. The molecule has 0 aromatic rings. The molecule has 0 spiro atoms. The Morgan fingerprint density at radius 1 is 1.14 bits per heavy atom. The largest absolute Gasteiger partial charge is 0.480 e. The van der Waals surface area contributed by atoms with E-state index < -0.39 is 61.1 Å². The highest BCUT2D eigenvalue weighted by atomic mass is 16.4. The van der Waals surface area contributed by atoms with Gasteiger partial charge in [0.1, 0.15) is 24.2 Å². The van der Waals surface area contributed by atoms with Gasteiger partial charge >= 0.3 is 5.97 Å². The van der Waals surface area contributed by atoms with Gasteiger partial charge in [-0.05, 0) is 18.8 Å². The minimum Gasteiger partial charge on any atom is -0.480 e. The Labute approximate surface area is 163 Å². The number of aliphatic hydroxyl groups is 2. The maximum atomic E-state index is 12.7. The average molecular weight is 402 g/mol. The zero-order valence-electron chi connectivity index (χ0n) is 16.1. The molecule has 0 aromatic heterocycles. The number of carboxylic acid groups (broad SMARTS) is 1. The van der Waals surface area contributed by atoms with Crippen LogP contribution in [-0.2, 0) is 19.2 Å². The summed E-state index contributed by atoms with van der Waals surface area (Å²) in [5.41, 5.74) is 5.46. The van der Waals surface area contributed by atoms with Crippen LogP contribution in [0.2, 0.25) is 0 Å². The molecular weight excluding hydrogens is 372 g/mol. The average Bonchev–Trinajstić information content (AvgIpc) is 3.18. The summed E-state index contributed by atoms with van der Waals surface area (Å²) in [5, 5.41) is 32.6. The van der Waals surface area contributed by atoms with Crippen LogP contribution >= 0.6 is 0 Å². The Hall–Kier alpha value is -2.24. The molecule has 1 rings (SSSR count). The Bertz CT molecular complexity index is 586. The topological polar surface area (TPSA) is 182 Å². The van der Waals surface area contributed by atoms with Crippen molar-refractivity contribution in [1.29, 1.82) is 0 Å². The van der Waals surface area contributed by atoms with Crippen molar-refractivity contribution in [3.05, 3.63) is 0 Å². The van der Waals surface area contributed by atoms with Crippen molar-refractivity contribution in [2.45, 2.75) is 57.3 Å². The summed E-state index contributed by atoms with van der Waals surface area (Å²) in [6, 6.07) is -4.56. The summed E-state index contributed by atoms with van der Waals surface area (Å²) < 4.78 is 0. The molecule has 1 aliphatic rings. The van der Waals surface area contributed by atoms with Crippen LogP contribution in [0.3, 0.4) is 0 Å². The van der Waals surface area contributed by atoms with Gasteiger partial charge in [-0.2, -0.15) is 0 Å². The van der Waals surface area contributed by atoms with Crippen molar-refractivity contribution in [1.82, 2.24) is 15.5 Å². The smallest absolute Gasteiger partial charge is 0.326 e. The molecule has 11 nitrogen and oxygen atoms in total. The van der Waals surface area contributed by atoms with Crippen LogP contribution in [0.5, 0.6) is 0 Å². The fourth-order valence-corrected chi connectivity index (χ4v) is 2.98. The molecule has 11 heteroatoms. The predicted octanol–water partition coefficient (Wildman–Crippen LogP) is -2.61. The first kappa shape index (κ1) is 23.8. The molecule has 160 valence electrons. The number of carboxylic acids is 1. The van der Waals surface area contributed by atoms with E-state index in [9.17, 15) is 29.4 Å². The third-order valence-electron chi connectivity index (χ3n) is 4.94. The van der Waals surface area contributed by atoms with Crippen LogP contribution in [0, 0.1) is 5.92 Å². The highest BCUT2D eigenvalue weighted by molar-refractivity contribution is 5.94. The number of aliphatic carboxylic acids is 1. The maximum Gasteiger partial charge on any atom is 0.326 e. The highest BCUT2D eigenvalue weighted by Crippen LogP contribution is 2.18. The molecule has 0 radical (unpaired) electrons. The monoisotopic (exact) mass is 402 g/mol. The second kappa shape index (κ2) is 10.9. The van der Waals surface area contributed by atoms with Gasteiger partial charge in [0.15, 0.2) is 0 Å². The standard InChI is InChI=1S/C17H30N4O7/c1-3-9(2)13(20-14(24)10(18)7-22)15(25)19-11(8-23)16(26)21-6-4-5-12(21)17(27)28/h9-13,22-23H,3-8,18H2,1-2H3,(H,19,25)(H,20,24)(H,27,28). The third kappa shape index (κ3) is 5.88. The number of hydrogen-bond acceptors (Lipinski definition) is 7. The van der Waals surface area contributed by atoms with E-state index >= 15 is 0 Å². The minimum atomic E-state index is -1.33. The molecule has 0 bridgehead atoms. The number of likely N-dealkylation sites (tertiary alicyclic amines) is 1. The molecule has 0 aliphatic carbocycles. The molecule has 3 amide bonds. The third-order valence-corrected chi connectivity index (χ3v) is 4.94. The second-order valence-corrected chi connectivity index (χ2v) is 6.93. The summed E-state index contributed by atoms with van der Waals surface area (Å²) in [7, 11) is 0. The van der Waals surface area contributed by atoms with Crippen LogP contribution in [0.4, 0.5) is 0 Å². The lowest BCUT2D eigenvalue weighted by molar-refractivity contribution is -0.150. The Kier molecular flexibility index (Phi) is 9.29. The second-order valence-electron chi connectivity index (χ2n) is 6.93. The number of nitrogens with two attached hydrogens (primary N) is 1. The fourth-order valence-electron chi connectivity index (χ4n) is 2.98. The predicted molar refractivity (Wildman–Crippen MR) is 97.8 cm³/mol. The molecule has 28 heavy (non-hydrogen) atoms. The summed E-state index contributed by atoms with van der Waals surface area (Å²) in [6.45, 7) is 2.43. The summed E-state index contributed by atoms with van der Waals surface area (Å²) >= 11 is 0. The van der Waals surface area contributed by atoms with Crippen molar-refractivity contribution in [3.8, 4) is 0 Å². The molecule has 1 heterocycles. The van der Waals surface area contributed by atoms with Gasteiger partial charge < -0.3 is 36.6 Å². The fraction of sp³-hybridized carbons (Fsp3) is 0.765. The van der Waals surface area contributed by atoms with E-state index in [2.05, 4.69) is 10.6 Å². The maximum absolute atomic E-state index is 12.7. The van der Waals surface area contributed by atoms with E-state index in [0.29, 0.717) is 19.3 Å². The number of amides is 3. The van der Waals surface area contributed by atoms with Crippen LogP contribution in [-0.4, -0.2) is 87.8 Å². The number of carbonyl (C=O) groups excluding carboxylic acids is 3. The van der Waals surface area contributed by atoms with E-state index in [0.717, 1.165) is 4.90 Å². The molecule has 5 unspecified atom stereocenters. The van der Waals surface area contributed by atoms with Crippen molar-refractivity contribution in [2.24, 2.45) is 11.7 Å². The van der Waals surface area contributed by atoms with Gasteiger partial charge in [-0.3, -0.25) is 14.4 Å². The quantitative estimate of drug-likeness (QED) is 0.230. The number of hydrogen-bond donors (Lipinski definition) is 6. The summed E-state index contributed by atoms with van der Waals surface area (Å²) in [4.78, 5) is 49.6. The van der Waals surface area contributed by atoms with Gasteiger partial charge in [0.2, 0.25) is 17.7 Å². The number of aliphatic hydroxyl groups excluding tert-OH is 2. The van der Waals surface area contributed by atoms with Crippen molar-refractivity contribution in [2.75, 3.05) is 19.8 Å². The molecule has 1 saturated heterocycles. The molecule has 7 N–H and O–H groups in total. The zero-order chi connectivity index (χ0) is 21.4. The molecule has 0 saturated carbocycles. The first-order chi connectivity index (χ1) is 13.2. The molecular formula is C17H30N4O7. The van der Waals surface area contributed by atoms with E-state index in [-0.39, 0.29) is 12.5 Å². The normalized spacial score (nSPS) is 20.8. The lowest BCUT2D eigenvalue weighted by atomic mass is 9.97. The first-order valence-corrected chi connectivity index (χ1v) is 9.29. The Morgan fingerprint density at radius 2 is 1.79 bits per heavy atom. The van der Waals surface area contributed by atoms with E-state index in [1.165, 1.54) is 0 Å². The van der Waals surface area contributed by atoms with Crippen molar-refractivity contribution < 1.29 is 34.5 Å². The van der Waals surface area contributed by atoms with Gasteiger partial charge in [-0.1, -0.05) is 20.3 Å². The van der Waals surface area contributed by atoms with Crippen LogP contribution in [0.15, 0.2) is 0 Å². The molecule has 5 atom stereocenters. The lowest BCUT2D eigenvalue weighted by Crippen LogP contribution is -2.59. The minimum absolute atomic E-state index is 0.221. The van der Waals surface area contributed by atoms with E-state index in [1.54, 1.807) is 13.8 Å². The first-order valence-electron chi connectivity index (χ1n) is 9.29. The number of nitrogens with one attached hydrogen (secondary N) is 2. The van der Waals surface area contributed by atoms with Crippen molar-refractivity contribution in [3.63, 3.8) is 0 Å². The van der Waals surface area contributed by atoms with Crippen LogP contribution in [0.25, 0.3) is 0 Å². The van der Waals surface area contributed by atoms with Gasteiger partial charge in [0.25, 0.3) is 0 Å². The zero-order valence-corrected chi connectivity index (χ0v) is 16.1. The lowest BCUT2D eigenvalue weighted by Gasteiger charge is -2.29. The van der Waals surface area contributed by atoms with Gasteiger partial charge in [0.05, 0.1) is 13.2 Å². The van der Waals surface area contributed by atoms with Crippen LogP contribution < -0.4 is 16.4 Å². The summed E-state index contributed by atoms with van der Waals surface area (Å²) in [5.74, 6) is -3.58. The van der Waals surface area contributed by atoms with E-state index in [1.807, 2.05) is 0 Å². The number of nitrogens with zero attached hydrogens (tertiary/aromatic N) is 1. The molecule has 1 aliphatic heterocycles. The van der Waals surface area contributed by atoms with E-state index in [4.69, 9.17) is 10.8 Å². The SMILES string of the molecule is CCC(C)C(NC(=O)C(N)CO)C(=O)NC(CO)C(=O)N1CCCC1C(=O)O. The highest BCUT2D eigenvalue weighted by Gasteiger charge is 2.38. The van der Waals surface area contributed by atoms with Gasteiger partial charge in [0, 0.05) is 6.54 Å². The van der Waals surface area contributed by atoms with Gasteiger partial charge in [-0.25, -0.2) is 4.79 Å². The van der Waals surface area contributed by atoms with Crippen molar-refractivity contribution >= 4 is 23.7 Å². The Balaban J connectivity index is 2.89. The molecule has 1 fully saturated rings. The van der Waals surface area contributed by atoms with Crippen LogP contribution in [0.1, 0.15) is 33.1 Å². The molecule has 0 aromatic carbocycles. The van der Waals surface area contributed by atoms with Gasteiger partial charge in [-0.15, -0.1) is 0 Å².